The first kappa shape index (κ1) is 16.0. The van der Waals surface area contributed by atoms with E-state index >= 15 is 0 Å². The van der Waals surface area contributed by atoms with Crippen molar-refractivity contribution in [3.05, 3.63) is 64.2 Å². The van der Waals surface area contributed by atoms with Crippen molar-refractivity contribution in [1.29, 1.82) is 0 Å². The Morgan fingerprint density at radius 3 is 2.43 bits per heavy atom. The van der Waals surface area contributed by atoms with Crippen molar-refractivity contribution in [2.24, 2.45) is 0 Å². The van der Waals surface area contributed by atoms with Gasteiger partial charge in [-0.25, -0.2) is 8.42 Å². The molecule has 0 aromatic heterocycles. The van der Waals surface area contributed by atoms with E-state index < -0.39 is 15.9 Å². The van der Waals surface area contributed by atoms with Crippen LogP contribution in [-0.4, -0.2) is 14.3 Å². The fourth-order valence-electron chi connectivity index (χ4n) is 2.56. The number of carbonyl (C=O) groups is 1. The maximum Gasteiger partial charge on any atom is 0.266 e. The van der Waals surface area contributed by atoms with E-state index in [9.17, 15) is 13.2 Å². The molecule has 2 aromatic rings. The third-order valence-electron chi connectivity index (χ3n) is 3.79. The number of amides is 1. The number of fused-ring (bicyclic) bond motifs is 1. The van der Waals surface area contributed by atoms with Gasteiger partial charge in [0.2, 0.25) is 0 Å². The number of hydrogen-bond acceptors (Lipinski definition) is 3. The number of carbonyl (C=O) groups excluding carboxylic acids is 1. The standard InChI is InChI=1S/C16H15ClN2O3S/c17-14-7-4-12(5-8-14)16(20)18-19-23(21,22)15-9-6-11-2-1-3-13(11)10-15/h4-10,19H,1-3H2,(H,18,20). The van der Waals surface area contributed by atoms with Crippen LogP contribution in [0.3, 0.4) is 0 Å². The van der Waals surface area contributed by atoms with Crippen molar-refractivity contribution in [1.82, 2.24) is 10.3 Å². The molecule has 0 atom stereocenters. The first-order valence-corrected chi connectivity index (χ1v) is 9.01. The largest absolute Gasteiger partial charge is 0.273 e. The van der Waals surface area contributed by atoms with Crippen molar-refractivity contribution in [2.75, 3.05) is 0 Å². The highest BCUT2D eigenvalue weighted by Gasteiger charge is 2.19. The van der Waals surface area contributed by atoms with E-state index in [0.717, 1.165) is 24.8 Å². The van der Waals surface area contributed by atoms with Crippen LogP contribution in [0.5, 0.6) is 0 Å². The molecule has 1 amide bonds. The Labute approximate surface area is 139 Å². The minimum atomic E-state index is -3.80. The van der Waals surface area contributed by atoms with E-state index in [0.29, 0.717) is 10.6 Å². The lowest BCUT2D eigenvalue weighted by atomic mass is 10.1. The zero-order chi connectivity index (χ0) is 16.4. The minimum absolute atomic E-state index is 0.148. The maximum atomic E-state index is 12.3. The molecule has 1 aliphatic rings. The summed E-state index contributed by atoms with van der Waals surface area (Å²) in [5.74, 6) is -0.550. The Hall–Kier alpha value is -1.89. The third-order valence-corrected chi connectivity index (χ3v) is 5.28. The van der Waals surface area contributed by atoms with Crippen LogP contribution in [0.15, 0.2) is 47.4 Å². The van der Waals surface area contributed by atoms with Gasteiger partial charge in [0.15, 0.2) is 0 Å². The quantitative estimate of drug-likeness (QED) is 0.832. The molecule has 0 fully saturated rings. The smallest absolute Gasteiger partial charge is 0.266 e. The summed E-state index contributed by atoms with van der Waals surface area (Å²) < 4.78 is 24.5. The van der Waals surface area contributed by atoms with Crippen LogP contribution in [0, 0.1) is 0 Å². The fraction of sp³-hybridized carbons (Fsp3) is 0.188. The van der Waals surface area contributed by atoms with Crippen LogP contribution < -0.4 is 10.3 Å². The molecule has 0 radical (unpaired) electrons. The molecule has 0 spiro atoms. The highest BCUT2D eigenvalue weighted by atomic mass is 35.5. The van der Waals surface area contributed by atoms with Crippen LogP contribution in [0.1, 0.15) is 27.9 Å². The first-order chi connectivity index (χ1) is 11.0. The first-order valence-electron chi connectivity index (χ1n) is 7.15. The molecule has 0 heterocycles. The lowest BCUT2D eigenvalue weighted by Crippen LogP contribution is -2.41. The molecule has 7 heteroatoms. The van der Waals surface area contributed by atoms with Crippen molar-refractivity contribution in [3.8, 4) is 0 Å². The Balaban J connectivity index is 1.71. The van der Waals surface area contributed by atoms with Crippen molar-refractivity contribution in [3.63, 3.8) is 0 Å². The molecular weight excluding hydrogens is 336 g/mol. The molecule has 0 saturated heterocycles. The molecule has 0 saturated carbocycles. The second kappa shape index (κ2) is 6.31. The van der Waals surface area contributed by atoms with Crippen molar-refractivity contribution in [2.45, 2.75) is 24.2 Å². The average molecular weight is 351 g/mol. The average Bonchev–Trinajstić information content (AvgIpc) is 3.01. The topological polar surface area (TPSA) is 75.3 Å². The van der Waals surface area contributed by atoms with Gasteiger partial charge in [0.25, 0.3) is 15.9 Å². The summed E-state index contributed by atoms with van der Waals surface area (Å²) in [6.07, 6.45) is 2.91. The van der Waals surface area contributed by atoms with Crippen LogP contribution in [0.2, 0.25) is 5.02 Å². The van der Waals surface area contributed by atoms with E-state index in [2.05, 4.69) is 10.3 Å². The number of hydrogen-bond donors (Lipinski definition) is 2. The Morgan fingerprint density at radius 1 is 1.00 bits per heavy atom. The number of rotatable bonds is 4. The molecule has 2 N–H and O–H groups in total. The minimum Gasteiger partial charge on any atom is -0.273 e. The fourth-order valence-corrected chi connectivity index (χ4v) is 3.58. The zero-order valence-electron chi connectivity index (χ0n) is 12.2. The van der Waals surface area contributed by atoms with Crippen molar-refractivity contribution < 1.29 is 13.2 Å². The van der Waals surface area contributed by atoms with E-state index in [1.54, 1.807) is 24.3 Å². The van der Waals surface area contributed by atoms with Crippen LogP contribution >= 0.6 is 11.6 Å². The van der Waals surface area contributed by atoms with E-state index in [1.807, 2.05) is 6.07 Å². The normalized spacial score (nSPS) is 13.6. The summed E-state index contributed by atoms with van der Waals surface area (Å²) in [6, 6.07) is 11.2. The highest BCUT2D eigenvalue weighted by molar-refractivity contribution is 7.89. The third kappa shape index (κ3) is 3.55. The van der Waals surface area contributed by atoms with Gasteiger partial charge in [0.1, 0.15) is 0 Å². The van der Waals surface area contributed by atoms with Crippen LogP contribution in [0.25, 0.3) is 0 Å². The van der Waals surface area contributed by atoms with E-state index in [1.165, 1.54) is 17.7 Å². The zero-order valence-corrected chi connectivity index (χ0v) is 13.7. The lowest BCUT2D eigenvalue weighted by molar-refractivity contribution is 0.0945. The van der Waals surface area contributed by atoms with Gasteiger partial charge in [-0.05, 0) is 66.8 Å². The number of aryl methyl sites for hydroxylation is 2. The van der Waals surface area contributed by atoms with Crippen LogP contribution in [-0.2, 0) is 22.9 Å². The molecule has 5 nitrogen and oxygen atoms in total. The highest BCUT2D eigenvalue weighted by Crippen LogP contribution is 2.24. The molecule has 3 rings (SSSR count). The molecule has 0 bridgehead atoms. The van der Waals surface area contributed by atoms with Gasteiger partial charge in [-0.2, -0.15) is 0 Å². The second-order valence-electron chi connectivity index (χ2n) is 5.35. The van der Waals surface area contributed by atoms with Gasteiger partial charge in [0, 0.05) is 10.6 Å². The summed E-state index contributed by atoms with van der Waals surface area (Å²) in [6.45, 7) is 0. The van der Waals surface area contributed by atoms with E-state index in [4.69, 9.17) is 11.6 Å². The molecule has 120 valence electrons. The van der Waals surface area contributed by atoms with Gasteiger partial charge >= 0.3 is 0 Å². The monoisotopic (exact) mass is 350 g/mol. The lowest BCUT2D eigenvalue weighted by Gasteiger charge is -2.10. The van der Waals surface area contributed by atoms with Gasteiger partial charge < -0.3 is 0 Å². The number of benzene rings is 2. The van der Waals surface area contributed by atoms with Crippen LogP contribution in [0.4, 0.5) is 0 Å². The van der Waals surface area contributed by atoms with Gasteiger partial charge in [0.05, 0.1) is 4.90 Å². The van der Waals surface area contributed by atoms with Gasteiger partial charge in [-0.3, -0.25) is 10.2 Å². The number of nitrogens with one attached hydrogen (secondary N) is 2. The van der Waals surface area contributed by atoms with E-state index in [-0.39, 0.29) is 4.90 Å². The summed E-state index contributed by atoms with van der Waals surface area (Å²) in [4.78, 5) is 14.2. The summed E-state index contributed by atoms with van der Waals surface area (Å²) in [5, 5.41) is 0.500. The van der Waals surface area contributed by atoms with Crippen molar-refractivity contribution >= 4 is 27.5 Å². The molecule has 2 aromatic carbocycles. The van der Waals surface area contributed by atoms with Gasteiger partial charge in [-0.15, -0.1) is 4.83 Å². The predicted molar refractivity (Wildman–Crippen MR) is 87.7 cm³/mol. The Morgan fingerprint density at radius 2 is 1.70 bits per heavy atom. The molecule has 0 unspecified atom stereocenters. The number of hydrazine groups is 1. The Kier molecular flexibility index (Phi) is 4.39. The second-order valence-corrected chi connectivity index (χ2v) is 7.47. The SMILES string of the molecule is O=C(NNS(=O)(=O)c1ccc2c(c1)CCC2)c1ccc(Cl)cc1. The molecular formula is C16H15ClN2O3S. The summed E-state index contributed by atoms with van der Waals surface area (Å²) >= 11 is 5.75. The molecule has 23 heavy (non-hydrogen) atoms. The van der Waals surface area contributed by atoms with Gasteiger partial charge in [-0.1, -0.05) is 17.7 Å². The Bertz CT molecular complexity index is 848. The molecule has 1 aliphatic carbocycles. The number of sulfonamides is 1. The summed E-state index contributed by atoms with van der Waals surface area (Å²) in [5.41, 5.74) is 4.76. The predicted octanol–water partition coefficient (Wildman–Crippen LogP) is 2.45. The number of halogens is 1. The molecule has 0 aliphatic heterocycles. The maximum absolute atomic E-state index is 12.3. The summed E-state index contributed by atoms with van der Waals surface area (Å²) in [7, 11) is -3.80.